The zero-order valence-corrected chi connectivity index (χ0v) is 8.16. The normalized spacial score (nSPS) is 24.7. The van der Waals surface area contributed by atoms with E-state index in [1.165, 1.54) is 12.1 Å². The minimum absolute atomic E-state index is 0.360. The summed E-state index contributed by atoms with van der Waals surface area (Å²) in [6.45, 7) is 0. The second-order valence-corrected chi connectivity index (χ2v) is 3.93. The van der Waals surface area contributed by atoms with E-state index >= 15 is 0 Å². The van der Waals surface area contributed by atoms with Crippen molar-refractivity contribution in [3.05, 3.63) is 35.1 Å². The predicted octanol–water partition coefficient (Wildman–Crippen LogP) is 1.40. The van der Waals surface area contributed by atoms with E-state index in [1.807, 2.05) is 0 Å². The molecule has 3 N–H and O–H groups in total. The van der Waals surface area contributed by atoms with Crippen LogP contribution >= 0.6 is 0 Å². The molecule has 0 aromatic heterocycles. The van der Waals surface area contributed by atoms with Crippen LogP contribution in [0.25, 0.3) is 0 Å². The zero-order chi connectivity index (χ0) is 11.1. The average Bonchev–Trinajstić information content (AvgIpc) is 2.19. The molecule has 80 valence electrons. The largest absolute Gasteiger partial charge is 0.480 e. The fourth-order valence-corrected chi connectivity index (χ4v) is 2.10. The predicted molar refractivity (Wildman–Crippen MR) is 52.8 cm³/mol. The van der Waals surface area contributed by atoms with E-state index in [0.717, 1.165) is 18.4 Å². The molecule has 1 unspecified atom stereocenters. The third-order valence-electron chi connectivity index (χ3n) is 2.95. The molecule has 3 nitrogen and oxygen atoms in total. The highest BCUT2D eigenvalue weighted by Gasteiger charge is 2.39. The first-order chi connectivity index (χ1) is 7.04. The van der Waals surface area contributed by atoms with Gasteiger partial charge in [-0.05, 0) is 42.5 Å². The van der Waals surface area contributed by atoms with Crippen LogP contribution in [-0.2, 0) is 16.8 Å². The lowest BCUT2D eigenvalue weighted by molar-refractivity contribution is -0.144. The molecule has 2 rings (SSSR count). The number of benzene rings is 1. The molecule has 1 aromatic rings. The molecule has 0 heterocycles. The molecule has 0 spiro atoms. The third-order valence-corrected chi connectivity index (χ3v) is 2.95. The summed E-state index contributed by atoms with van der Waals surface area (Å²) in [6.07, 6.45) is 1.85. The van der Waals surface area contributed by atoms with Crippen molar-refractivity contribution in [1.82, 2.24) is 0 Å². The first-order valence-electron chi connectivity index (χ1n) is 4.85. The Labute approximate surface area is 86.7 Å². The molecule has 1 aliphatic rings. The number of carboxylic acid groups (broad SMARTS) is 1. The number of carbonyl (C=O) groups is 1. The molecule has 15 heavy (non-hydrogen) atoms. The van der Waals surface area contributed by atoms with Gasteiger partial charge in [0.2, 0.25) is 0 Å². The number of halogens is 1. The molecule has 1 atom stereocenters. The van der Waals surface area contributed by atoms with E-state index < -0.39 is 17.3 Å². The Morgan fingerprint density at radius 1 is 1.53 bits per heavy atom. The van der Waals surface area contributed by atoms with Crippen LogP contribution in [0, 0.1) is 5.82 Å². The van der Waals surface area contributed by atoms with Crippen LogP contribution in [0.1, 0.15) is 24.0 Å². The fraction of sp³-hybridized carbons (Fsp3) is 0.364. The van der Waals surface area contributed by atoms with Crippen molar-refractivity contribution in [2.75, 3.05) is 0 Å². The van der Waals surface area contributed by atoms with Gasteiger partial charge in [0.1, 0.15) is 11.4 Å². The van der Waals surface area contributed by atoms with Gasteiger partial charge in [-0.2, -0.15) is 0 Å². The summed E-state index contributed by atoms with van der Waals surface area (Å²) in [6, 6.07) is 4.20. The number of nitrogens with two attached hydrogens (primary N) is 1. The molecule has 0 fully saturated rings. The van der Waals surface area contributed by atoms with Crippen LogP contribution in [0.15, 0.2) is 18.2 Å². The maximum absolute atomic E-state index is 13.1. The quantitative estimate of drug-likeness (QED) is 0.734. The average molecular weight is 209 g/mol. The standard InChI is InChI=1S/C11H12FNO2/c12-8-4-3-7-2-1-5-11(13,10(14)15)9(7)6-8/h3-4,6H,1-2,5,13H2,(H,14,15). The molecule has 0 radical (unpaired) electrons. The van der Waals surface area contributed by atoms with Gasteiger partial charge in [0, 0.05) is 0 Å². The van der Waals surface area contributed by atoms with E-state index in [9.17, 15) is 9.18 Å². The number of aryl methyl sites for hydroxylation is 1. The van der Waals surface area contributed by atoms with Gasteiger partial charge < -0.3 is 10.8 Å². The lowest BCUT2D eigenvalue weighted by Gasteiger charge is -2.31. The van der Waals surface area contributed by atoms with Gasteiger partial charge in [0.05, 0.1) is 0 Å². The van der Waals surface area contributed by atoms with Crippen molar-refractivity contribution in [1.29, 1.82) is 0 Å². The second-order valence-electron chi connectivity index (χ2n) is 3.93. The van der Waals surface area contributed by atoms with Crippen molar-refractivity contribution in [3.63, 3.8) is 0 Å². The van der Waals surface area contributed by atoms with E-state index in [0.29, 0.717) is 12.0 Å². The Morgan fingerprint density at radius 2 is 2.27 bits per heavy atom. The highest BCUT2D eigenvalue weighted by Crippen LogP contribution is 2.33. The van der Waals surface area contributed by atoms with Gasteiger partial charge in [-0.1, -0.05) is 6.07 Å². The molecule has 0 saturated heterocycles. The lowest BCUT2D eigenvalue weighted by atomic mass is 9.77. The summed E-state index contributed by atoms with van der Waals surface area (Å²) in [4.78, 5) is 11.1. The minimum Gasteiger partial charge on any atom is -0.480 e. The van der Waals surface area contributed by atoms with E-state index in [2.05, 4.69) is 0 Å². The maximum atomic E-state index is 13.1. The molecule has 1 aromatic carbocycles. The van der Waals surface area contributed by atoms with Crippen LogP contribution < -0.4 is 5.73 Å². The summed E-state index contributed by atoms with van der Waals surface area (Å²) in [7, 11) is 0. The van der Waals surface area contributed by atoms with Gasteiger partial charge in [-0.15, -0.1) is 0 Å². The summed E-state index contributed by atoms with van der Waals surface area (Å²) < 4.78 is 13.1. The van der Waals surface area contributed by atoms with Crippen molar-refractivity contribution in [2.45, 2.75) is 24.8 Å². The summed E-state index contributed by atoms with van der Waals surface area (Å²) in [5.74, 6) is -1.53. The Bertz CT molecular complexity index is 419. The topological polar surface area (TPSA) is 63.3 Å². The molecule has 0 amide bonds. The van der Waals surface area contributed by atoms with Gasteiger partial charge in [0.25, 0.3) is 0 Å². The van der Waals surface area contributed by atoms with Crippen molar-refractivity contribution < 1.29 is 14.3 Å². The van der Waals surface area contributed by atoms with Gasteiger partial charge in [-0.25, -0.2) is 9.18 Å². The Hall–Kier alpha value is -1.42. The van der Waals surface area contributed by atoms with Gasteiger partial charge in [0.15, 0.2) is 0 Å². The molecule has 0 saturated carbocycles. The Balaban J connectivity index is 2.59. The number of hydrogen-bond donors (Lipinski definition) is 2. The number of rotatable bonds is 1. The monoisotopic (exact) mass is 209 g/mol. The Kier molecular flexibility index (Phi) is 2.23. The molecular formula is C11H12FNO2. The van der Waals surface area contributed by atoms with Crippen LogP contribution in [0.2, 0.25) is 0 Å². The van der Waals surface area contributed by atoms with E-state index in [1.54, 1.807) is 6.07 Å². The number of carboxylic acids is 1. The van der Waals surface area contributed by atoms with Crippen LogP contribution in [-0.4, -0.2) is 11.1 Å². The zero-order valence-electron chi connectivity index (χ0n) is 8.16. The van der Waals surface area contributed by atoms with E-state index in [4.69, 9.17) is 10.8 Å². The summed E-state index contributed by atoms with van der Waals surface area (Å²) >= 11 is 0. The first kappa shape index (κ1) is 10.1. The van der Waals surface area contributed by atoms with Gasteiger partial charge >= 0.3 is 5.97 Å². The highest BCUT2D eigenvalue weighted by atomic mass is 19.1. The molecule has 4 heteroatoms. The lowest BCUT2D eigenvalue weighted by Crippen LogP contribution is -2.47. The third kappa shape index (κ3) is 1.51. The summed E-state index contributed by atoms with van der Waals surface area (Å²) in [5, 5.41) is 9.09. The van der Waals surface area contributed by atoms with Crippen LogP contribution in [0.3, 0.4) is 0 Å². The fourth-order valence-electron chi connectivity index (χ4n) is 2.10. The maximum Gasteiger partial charge on any atom is 0.328 e. The second kappa shape index (κ2) is 3.31. The molecule has 1 aliphatic carbocycles. The minimum atomic E-state index is -1.42. The number of fused-ring (bicyclic) bond motifs is 1. The van der Waals surface area contributed by atoms with E-state index in [-0.39, 0.29) is 0 Å². The Morgan fingerprint density at radius 3 is 2.93 bits per heavy atom. The van der Waals surface area contributed by atoms with Crippen molar-refractivity contribution >= 4 is 5.97 Å². The first-order valence-corrected chi connectivity index (χ1v) is 4.85. The summed E-state index contributed by atoms with van der Waals surface area (Å²) in [5.41, 5.74) is 5.65. The van der Waals surface area contributed by atoms with Crippen molar-refractivity contribution in [2.24, 2.45) is 5.73 Å². The highest BCUT2D eigenvalue weighted by molar-refractivity contribution is 5.81. The van der Waals surface area contributed by atoms with Crippen LogP contribution in [0.5, 0.6) is 0 Å². The number of aliphatic carboxylic acids is 1. The van der Waals surface area contributed by atoms with Gasteiger partial charge in [-0.3, -0.25) is 0 Å². The molecule has 0 bridgehead atoms. The number of hydrogen-bond acceptors (Lipinski definition) is 2. The smallest absolute Gasteiger partial charge is 0.328 e. The van der Waals surface area contributed by atoms with Crippen molar-refractivity contribution in [3.8, 4) is 0 Å². The molecule has 0 aliphatic heterocycles. The molecular weight excluding hydrogens is 197 g/mol. The van der Waals surface area contributed by atoms with Crippen LogP contribution in [0.4, 0.5) is 4.39 Å². The SMILES string of the molecule is NC1(C(=O)O)CCCc2ccc(F)cc21.